The lowest BCUT2D eigenvalue weighted by atomic mass is 10.1. The first-order valence-electron chi connectivity index (χ1n) is 7.67. The van der Waals surface area contributed by atoms with Gasteiger partial charge in [0.25, 0.3) is 0 Å². The minimum absolute atomic E-state index is 0.500. The van der Waals surface area contributed by atoms with E-state index in [1.807, 2.05) is 6.92 Å². The Morgan fingerprint density at radius 2 is 2.23 bits per heavy atom. The minimum Gasteiger partial charge on any atom is -0.370 e. The molecule has 0 unspecified atom stereocenters. The Morgan fingerprint density at radius 3 is 3.14 bits per heavy atom. The topological polar surface area (TPSA) is 62.7 Å². The molecule has 5 nitrogen and oxygen atoms in total. The van der Waals surface area contributed by atoms with Crippen molar-refractivity contribution in [1.82, 2.24) is 15.0 Å². The number of fused-ring (bicyclic) bond motifs is 1. The highest BCUT2D eigenvalue weighted by atomic mass is 35.5. The number of nitrogens with zero attached hydrogens (tertiary/aromatic N) is 3. The van der Waals surface area contributed by atoms with Gasteiger partial charge >= 0.3 is 0 Å². The van der Waals surface area contributed by atoms with Crippen LogP contribution in [-0.4, -0.2) is 28.0 Å². The Bertz CT molecular complexity index is 659. The van der Waals surface area contributed by atoms with Gasteiger partial charge in [0.1, 0.15) is 23.1 Å². The molecule has 0 aliphatic carbocycles. The number of anilines is 2. The molecule has 3 heterocycles. The van der Waals surface area contributed by atoms with Crippen molar-refractivity contribution in [2.24, 2.45) is 0 Å². The molecule has 116 valence electrons. The zero-order valence-electron chi connectivity index (χ0n) is 12.7. The quantitative estimate of drug-likeness (QED) is 0.655. The molecule has 6 heteroatoms. The van der Waals surface area contributed by atoms with Crippen LogP contribution in [-0.2, 0) is 12.8 Å². The largest absolute Gasteiger partial charge is 0.370 e. The number of hydrogen-bond donors (Lipinski definition) is 2. The van der Waals surface area contributed by atoms with Crippen LogP contribution in [0.5, 0.6) is 0 Å². The first-order valence-corrected chi connectivity index (χ1v) is 8.05. The normalized spacial score (nSPS) is 13.4. The average molecular weight is 318 g/mol. The van der Waals surface area contributed by atoms with Crippen molar-refractivity contribution in [3.8, 4) is 0 Å². The highest BCUT2D eigenvalue weighted by molar-refractivity contribution is 6.30. The van der Waals surface area contributed by atoms with Crippen LogP contribution < -0.4 is 10.6 Å². The molecule has 0 bridgehead atoms. The molecule has 2 aromatic rings. The van der Waals surface area contributed by atoms with Gasteiger partial charge in [-0.05, 0) is 44.2 Å². The number of pyridine rings is 1. The van der Waals surface area contributed by atoms with E-state index in [1.165, 1.54) is 18.3 Å². The van der Waals surface area contributed by atoms with Crippen LogP contribution in [0.1, 0.15) is 29.7 Å². The number of halogens is 1. The van der Waals surface area contributed by atoms with Gasteiger partial charge in [0.15, 0.2) is 0 Å². The summed E-state index contributed by atoms with van der Waals surface area (Å²) in [6, 6.07) is 4.34. The maximum atomic E-state index is 5.98. The van der Waals surface area contributed by atoms with Crippen LogP contribution in [0.2, 0.25) is 5.15 Å². The Balaban J connectivity index is 1.52. The lowest BCUT2D eigenvalue weighted by Crippen LogP contribution is -2.14. The van der Waals surface area contributed by atoms with Gasteiger partial charge in [0.2, 0.25) is 0 Å². The zero-order chi connectivity index (χ0) is 15.4. The van der Waals surface area contributed by atoms with Gasteiger partial charge < -0.3 is 10.6 Å². The summed E-state index contributed by atoms with van der Waals surface area (Å²) in [5.74, 6) is 1.87. The molecule has 1 aliphatic rings. The summed E-state index contributed by atoms with van der Waals surface area (Å²) in [6.07, 6.45) is 5.74. The van der Waals surface area contributed by atoms with Crippen LogP contribution >= 0.6 is 11.6 Å². The summed E-state index contributed by atoms with van der Waals surface area (Å²) in [5, 5.41) is 7.18. The van der Waals surface area contributed by atoms with Crippen molar-refractivity contribution in [3.63, 3.8) is 0 Å². The van der Waals surface area contributed by atoms with Gasteiger partial charge in [-0.2, -0.15) is 0 Å². The van der Waals surface area contributed by atoms with E-state index in [0.717, 1.165) is 55.2 Å². The summed E-state index contributed by atoms with van der Waals surface area (Å²) in [5.41, 5.74) is 3.35. The Morgan fingerprint density at radius 1 is 1.32 bits per heavy atom. The molecule has 2 aromatic heterocycles. The van der Waals surface area contributed by atoms with Crippen molar-refractivity contribution in [3.05, 3.63) is 40.4 Å². The van der Waals surface area contributed by atoms with Crippen LogP contribution in [0.15, 0.2) is 18.5 Å². The second-order valence-electron chi connectivity index (χ2n) is 5.51. The molecule has 0 fully saturated rings. The number of hydrogen-bond acceptors (Lipinski definition) is 5. The number of nitrogens with one attached hydrogen (secondary N) is 2. The molecular formula is C16H20ClN5. The summed E-state index contributed by atoms with van der Waals surface area (Å²) < 4.78 is 0. The third kappa shape index (κ3) is 3.47. The summed E-state index contributed by atoms with van der Waals surface area (Å²) >= 11 is 5.98. The van der Waals surface area contributed by atoms with Crippen LogP contribution in [0.4, 0.5) is 11.6 Å². The molecule has 0 aromatic carbocycles. The van der Waals surface area contributed by atoms with Gasteiger partial charge in [0.05, 0.1) is 0 Å². The highest BCUT2D eigenvalue weighted by Gasteiger charge is 2.10. The molecule has 0 atom stereocenters. The van der Waals surface area contributed by atoms with Gasteiger partial charge in [-0.3, -0.25) is 0 Å². The predicted molar refractivity (Wildman–Crippen MR) is 89.6 cm³/mol. The lowest BCUT2D eigenvalue weighted by molar-refractivity contribution is 0.793. The van der Waals surface area contributed by atoms with Crippen molar-refractivity contribution in [1.29, 1.82) is 0 Å². The average Bonchev–Trinajstić information content (AvgIpc) is 2.55. The molecule has 0 amide bonds. The van der Waals surface area contributed by atoms with Crippen LogP contribution in [0.25, 0.3) is 0 Å². The zero-order valence-corrected chi connectivity index (χ0v) is 13.5. The van der Waals surface area contributed by atoms with E-state index in [4.69, 9.17) is 16.6 Å². The molecule has 0 spiro atoms. The Hall–Kier alpha value is -1.88. The lowest BCUT2D eigenvalue weighted by Gasteiger charge is -2.17. The molecule has 3 rings (SSSR count). The molecule has 0 saturated heterocycles. The molecule has 1 aliphatic heterocycles. The van der Waals surface area contributed by atoms with E-state index >= 15 is 0 Å². The fourth-order valence-electron chi connectivity index (χ4n) is 2.59. The fraction of sp³-hybridized carbons (Fsp3) is 0.438. The van der Waals surface area contributed by atoms with Crippen LogP contribution in [0, 0.1) is 6.92 Å². The van der Waals surface area contributed by atoms with Crippen molar-refractivity contribution in [2.45, 2.75) is 32.6 Å². The monoisotopic (exact) mass is 317 g/mol. The van der Waals surface area contributed by atoms with Gasteiger partial charge in [-0.25, -0.2) is 15.0 Å². The number of rotatable bonds is 5. The number of aromatic nitrogens is 3. The number of aryl methyl sites for hydroxylation is 2. The van der Waals surface area contributed by atoms with Crippen LogP contribution in [0.3, 0.4) is 0 Å². The first-order chi connectivity index (χ1) is 10.7. The smallest absolute Gasteiger partial charge is 0.137 e. The molecule has 22 heavy (non-hydrogen) atoms. The second-order valence-corrected chi connectivity index (χ2v) is 5.87. The predicted octanol–water partition coefficient (Wildman–Crippen LogP) is 3.24. The maximum absolute atomic E-state index is 5.98. The van der Waals surface area contributed by atoms with Crippen molar-refractivity contribution >= 4 is 23.2 Å². The fourth-order valence-corrected chi connectivity index (χ4v) is 2.72. The van der Waals surface area contributed by atoms with Gasteiger partial charge in [-0.15, -0.1) is 0 Å². The summed E-state index contributed by atoms with van der Waals surface area (Å²) in [6.45, 7) is 3.78. The van der Waals surface area contributed by atoms with Crippen molar-refractivity contribution < 1.29 is 0 Å². The highest BCUT2D eigenvalue weighted by Crippen LogP contribution is 2.20. The van der Waals surface area contributed by atoms with E-state index < -0.39 is 0 Å². The SMILES string of the molecule is Cc1c(Cl)ncnc1NCCCc1ccc2c(n1)NCCC2. The van der Waals surface area contributed by atoms with Crippen molar-refractivity contribution in [2.75, 3.05) is 23.7 Å². The molecule has 0 radical (unpaired) electrons. The second kappa shape index (κ2) is 6.92. The minimum atomic E-state index is 0.500. The van der Waals surface area contributed by atoms with E-state index in [1.54, 1.807) is 0 Å². The van der Waals surface area contributed by atoms with E-state index in [-0.39, 0.29) is 0 Å². The first kappa shape index (κ1) is 15.0. The standard InChI is InChI=1S/C16H20ClN5/c1-11-14(17)20-10-21-15(11)18-9-3-5-13-7-6-12-4-2-8-19-16(12)22-13/h6-7,10H,2-5,8-9H2,1H3,(H,19,22)(H,18,20,21). The van der Waals surface area contributed by atoms with E-state index in [9.17, 15) is 0 Å². The summed E-state index contributed by atoms with van der Waals surface area (Å²) in [7, 11) is 0. The van der Waals surface area contributed by atoms with Gasteiger partial charge in [0, 0.05) is 24.3 Å². The molecular weight excluding hydrogens is 298 g/mol. The third-order valence-electron chi connectivity index (χ3n) is 3.88. The molecule has 2 N–H and O–H groups in total. The van der Waals surface area contributed by atoms with E-state index in [2.05, 4.69) is 32.7 Å². The third-order valence-corrected chi connectivity index (χ3v) is 4.26. The van der Waals surface area contributed by atoms with Gasteiger partial charge in [-0.1, -0.05) is 17.7 Å². The Labute approximate surface area is 135 Å². The van der Waals surface area contributed by atoms with E-state index in [0.29, 0.717) is 5.15 Å². The summed E-state index contributed by atoms with van der Waals surface area (Å²) in [4.78, 5) is 12.9. The molecule has 0 saturated carbocycles. The maximum Gasteiger partial charge on any atom is 0.137 e. The Kier molecular flexibility index (Phi) is 4.73.